The molecule has 0 fully saturated rings. The molecule has 0 aliphatic rings. The molecule has 0 atom stereocenters. The van der Waals surface area contributed by atoms with Crippen molar-refractivity contribution in [3.63, 3.8) is 0 Å². The molecule has 0 aliphatic heterocycles. The van der Waals surface area contributed by atoms with Gasteiger partial charge in [0.1, 0.15) is 5.75 Å². The molecule has 0 N–H and O–H groups in total. The average Bonchev–Trinajstić information content (AvgIpc) is 2.98. The molecule has 0 unspecified atom stereocenters. The number of aromatic nitrogens is 3. The van der Waals surface area contributed by atoms with Gasteiger partial charge in [-0.2, -0.15) is 5.10 Å². The van der Waals surface area contributed by atoms with Gasteiger partial charge in [0.05, 0.1) is 30.1 Å². The van der Waals surface area contributed by atoms with E-state index < -0.39 is 0 Å². The maximum atomic E-state index is 12.5. The third-order valence-electron chi connectivity index (χ3n) is 3.65. The molecule has 2 aromatic heterocycles. The number of fused-ring (bicyclic) bond motifs is 1. The number of methoxy groups -OCH3 is 1. The Bertz CT molecular complexity index is 883. The van der Waals surface area contributed by atoms with Crippen molar-refractivity contribution in [2.45, 2.75) is 0 Å². The summed E-state index contributed by atoms with van der Waals surface area (Å²) in [6.45, 7) is 0. The maximum absolute atomic E-state index is 12.5. The zero-order chi connectivity index (χ0) is 16.6. The molecule has 0 spiro atoms. The standard InChI is InChI=1S/C17H18N4O2/c1-20(2)17(22)14-8-15(11-9-18-21(3)10-11)19-16-7-12(23-4)5-6-13(14)16/h5-10H,1-4H3. The van der Waals surface area contributed by atoms with Crippen molar-refractivity contribution >= 4 is 16.8 Å². The van der Waals surface area contributed by atoms with Gasteiger partial charge in [-0.15, -0.1) is 0 Å². The predicted octanol–water partition coefficient (Wildman–Crippen LogP) is 2.35. The second kappa shape index (κ2) is 5.72. The Kier molecular flexibility index (Phi) is 3.73. The Labute approximate surface area is 134 Å². The normalized spacial score (nSPS) is 10.8. The van der Waals surface area contributed by atoms with Crippen LogP contribution >= 0.6 is 0 Å². The number of rotatable bonds is 3. The predicted molar refractivity (Wildman–Crippen MR) is 88.5 cm³/mol. The second-order valence-corrected chi connectivity index (χ2v) is 5.54. The quantitative estimate of drug-likeness (QED) is 0.745. The van der Waals surface area contributed by atoms with Crippen LogP contribution in [-0.2, 0) is 7.05 Å². The van der Waals surface area contributed by atoms with Crippen LogP contribution in [0.25, 0.3) is 22.2 Å². The van der Waals surface area contributed by atoms with Crippen LogP contribution in [0.5, 0.6) is 5.75 Å². The van der Waals surface area contributed by atoms with Crippen molar-refractivity contribution in [2.24, 2.45) is 7.05 Å². The third kappa shape index (κ3) is 2.75. The average molecular weight is 310 g/mol. The Balaban J connectivity index is 2.28. The number of ether oxygens (including phenoxy) is 1. The first-order chi connectivity index (χ1) is 11.0. The van der Waals surface area contributed by atoms with Crippen molar-refractivity contribution in [1.29, 1.82) is 0 Å². The highest BCUT2D eigenvalue weighted by atomic mass is 16.5. The molecule has 6 heteroatoms. The lowest BCUT2D eigenvalue weighted by Crippen LogP contribution is -2.22. The summed E-state index contributed by atoms with van der Waals surface area (Å²) in [5.41, 5.74) is 2.91. The van der Waals surface area contributed by atoms with E-state index in [2.05, 4.69) is 10.1 Å². The van der Waals surface area contributed by atoms with Crippen LogP contribution in [0.2, 0.25) is 0 Å². The summed E-state index contributed by atoms with van der Waals surface area (Å²) in [5.74, 6) is 0.643. The van der Waals surface area contributed by atoms with Crippen molar-refractivity contribution in [3.05, 3.63) is 42.2 Å². The van der Waals surface area contributed by atoms with Gasteiger partial charge in [-0.25, -0.2) is 4.98 Å². The molecule has 0 bridgehead atoms. The lowest BCUT2D eigenvalue weighted by atomic mass is 10.0. The zero-order valence-corrected chi connectivity index (χ0v) is 13.6. The number of hydrogen-bond donors (Lipinski definition) is 0. The van der Waals surface area contributed by atoms with Gasteiger partial charge >= 0.3 is 0 Å². The van der Waals surface area contributed by atoms with Gasteiger partial charge in [0.2, 0.25) is 0 Å². The van der Waals surface area contributed by atoms with Crippen molar-refractivity contribution < 1.29 is 9.53 Å². The van der Waals surface area contributed by atoms with Gasteiger partial charge in [0, 0.05) is 44.4 Å². The van der Waals surface area contributed by atoms with E-state index in [4.69, 9.17) is 4.74 Å². The minimum Gasteiger partial charge on any atom is -0.497 e. The van der Waals surface area contributed by atoms with E-state index in [-0.39, 0.29) is 5.91 Å². The zero-order valence-electron chi connectivity index (χ0n) is 13.6. The monoisotopic (exact) mass is 310 g/mol. The highest BCUT2D eigenvalue weighted by Gasteiger charge is 2.16. The fourth-order valence-electron chi connectivity index (χ4n) is 2.45. The number of hydrogen-bond acceptors (Lipinski definition) is 4. The molecule has 0 radical (unpaired) electrons. The summed E-state index contributed by atoms with van der Waals surface area (Å²) in [6, 6.07) is 7.35. The summed E-state index contributed by atoms with van der Waals surface area (Å²) >= 11 is 0. The van der Waals surface area contributed by atoms with Crippen LogP contribution in [0, 0.1) is 0 Å². The molecule has 0 aliphatic carbocycles. The van der Waals surface area contributed by atoms with E-state index in [0.717, 1.165) is 16.5 Å². The molecule has 0 saturated heterocycles. The lowest BCUT2D eigenvalue weighted by molar-refractivity contribution is 0.0829. The topological polar surface area (TPSA) is 60.2 Å². The Morgan fingerprint density at radius 2 is 2.04 bits per heavy atom. The first kappa shape index (κ1) is 15.0. The molecule has 3 rings (SSSR count). The van der Waals surface area contributed by atoms with Crippen LogP contribution in [0.4, 0.5) is 0 Å². The Morgan fingerprint density at radius 1 is 1.26 bits per heavy atom. The molecular formula is C17H18N4O2. The summed E-state index contributed by atoms with van der Waals surface area (Å²) in [5, 5.41) is 4.98. The highest BCUT2D eigenvalue weighted by molar-refractivity contribution is 6.07. The largest absolute Gasteiger partial charge is 0.497 e. The van der Waals surface area contributed by atoms with Gasteiger partial charge in [-0.1, -0.05) is 0 Å². The van der Waals surface area contributed by atoms with Crippen LogP contribution in [0.3, 0.4) is 0 Å². The number of benzene rings is 1. The van der Waals surface area contributed by atoms with Gasteiger partial charge in [-0.05, 0) is 18.2 Å². The number of aryl methyl sites for hydroxylation is 1. The molecule has 23 heavy (non-hydrogen) atoms. The lowest BCUT2D eigenvalue weighted by Gasteiger charge is -2.14. The van der Waals surface area contributed by atoms with Crippen LogP contribution in [0.15, 0.2) is 36.7 Å². The van der Waals surface area contributed by atoms with E-state index >= 15 is 0 Å². The van der Waals surface area contributed by atoms with Crippen LogP contribution in [-0.4, -0.2) is 46.8 Å². The first-order valence-electron chi connectivity index (χ1n) is 7.19. The summed E-state index contributed by atoms with van der Waals surface area (Å²) in [7, 11) is 6.93. The molecular weight excluding hydrogens is 292 g/mol. The number of carbonyl (C=O) groups excluding carboxylic acids is 1. The smallest absolute Gasteiger partial charge is 0.254 e. The van der Waals surface area contributed by atoms with Crippen molar-refractivity contribution in [2.75, 3.05) is 21.2 Å². The van der Waals surface area contributed by atoms with E-state index in [1.54, 1.807) is 37.0 Å². The second-order valence-electron chi connectivity index (χ2n) is 5.54. The Morgan fingerprint density at radius 3 is 2.65 bits per heavy atom. The van der Waals surface area contributed by atoms with Crippen molar-refractivity contribution in [1.82, 2.24) is 19.7 Å². The van der Waals surface area contributed by atoms with Crippen molar-refractivity contribution in [3.8, 4) is 17.0 Å². The van der Waals surface area contributed by atoms with E-state index in [1.165, 1.54) is 0 Å². The summed E-state index contributed by atoms with van der Waals surface area (Å²) < 4.78 is 6.98. The van der Waals surface area contributed by atoms with Gasteiger partial charge in [0.15, 0.2) is 0 Å². The van der Waals surface area contributed by atoms with E-state index in [1.807, 2.05) is 37.5 Å². The van der Waals surface area contributed by atoms with E-state index in [0.29, 0.717) is 17.0 Å². The molecule has 2 heterocycles. The minimum absolute atomic E-state index is 0.0623. The number of amides is 1. The Hall–Kier alpha value is -2.89. The maximum Gasteiger partial charge on any atom is 0.254 e. The number of carbonyl (C=O) groups is 1. The molecule has 3 aromatic rings. The van der Waals surface area contributed by atoms with Crippen LogP contribution in [0.1, 0.15) is 10.4 Å². The van der Waals surface area contributed by atoms with E-state index in [9.17, 15) is 4.79 Å². The summed E-state index contributed by atoms with van der Waals surface area (Å²) in [4.78, 5) is 18.8. The number of pyridine rings is 1. The van der Waals surface area contributed by atoms with Gasteiger partial charge in [0.25, 0.3) is 5.91 Å². The van der Waals surface area contributed by atoms with Gasteiger partial charge in [-0.3, -0.25) is 9.48 Å². The molecule has 6 nitrogen and oxygen atoms in total. The highest BCUT2D eigenvalue weighted by Crippen LogP contribution is 2.27. The minimum atomic E-state index is -0.0623. The number of nitrogens with zero attached hydrogens (tertiary/aromatic N) is 4. The molecule has 0 saturated carbocycles. The SMILES string of the molecule is COc1ccc2c(C(=O)N(C)C)cc(-c3cnn(C)c3)nc2c1. The first-order valence-corrected chi connectivity index (χ1v) is 7.19. The molecule has 118 valence electrons. The molecule has 1 aromatic carbocycles. The summed E-state index contributed by atoms with van der Waals surface area (Å²) in [6.07, 6.45) is 3.61. The fraction of sp³-hybridized carbons (Fsp3) is 0.235. The third-order valence-corrected chi connectivity index (χ3v) is 3.65. The fourth-order valence-corrected chi connectivity index (χ4v) is 2.45. The molecule has 1 amide bonds. The van der Waals surface area contributed by atoms with Gasteiger partial charge < -0.3 is 9.64 Å². The van der Waals surface area contributed by atoms with Crippen LogP contribution < -0.4 is 4.74 Å².